The van der Waals surface area contributed by atoms with Gasteiger partial charge < -0.3 is 20.3 Å². The van der Waals surface area contributed by atoms with Crippen LogP contribution in [0.2, 0.25) is 0 Å². The monoisotopic (exact) mass is 972 g/mol. The number of aliphatic hydroxyl groups excluding tert-OH is 2. The molecule has 0 saturated carbocycles. The summed E-state index contributed by atoms with van der Waals surface area (Å²) in [6, 6.07) is -0.639. The maximum atomic E-state index is 12.5. The van der Waals surface area contributed by atoms with Gasteiger partial charge in [-0.3, -0.25) is 9.59 Å². The number of hydrogen-bond acceptors (Lipinski definition) is 5. The molecule has 0 aromatic heterocycles. The fourth-order valence-corrected chi connectivity index (χ4v) is 9.69. The van der Waals surface area contributed by atoms with Crippen LogP contribution in [0.15, 0.2) is 24.3 Å². The number of carbonyl (C=O) groups excluding carboxylic acids is 2. The van der Waals surface area contributed by atoms with Crippen LogP contribution in [0, 0.1) is 0 Å². The summed E-state index contributed by atoms with van der Waals surface area (Å²) in [7, 11) is 0. The maximum absolute atomic E-state index is 12.5. The lowest BCUT2D eigenvalue weighted by Crippen LogP contribution is -2.45. The molecule has 0 radical (unpaired) electrons. The van der Waals surface area contributed by atoms with Gasteiger partial charge in [0.2, 0.25) is 5.91 Å². The predicted molar refractivity (Wildman–Crippen MR) is 301 cm³/mol. The number of unbranched alkanes of at least 4 members (excludes halogenated alkanes) is 45. The third-order valence-corrected chi connectivity index (χ3v) is 14.5. The Hall–Kier alpha value is -1.66. The standard InChI is InChI=1S/C63H121NO5/c1-3-5-7-9-11-13-15-17-19-21-23-24-25-26-28-31-35-39-43-47-51-55-61(66)60(59-65)64-62(67)56-52-48-44-40-36-32-30-34-38-42-46-50-54-58-69-63(68)57-53-49-45-41-37-33-29-27-22-20-18-16-14-12-10-8-6-4-2/h20,22,51,55,60-61,65-66H,3-19,21,23-50,52-54,56-59H2,1-2H3,(H,64,67)/b22-20-,55-51+. The van der Waals surface area contributed by atoms with E-state index in [9.17, 15) is 19.8 Å². The van der Waals surface area contributed by atoms with Crippen molar-refractivity contribution in [1.29, 1.82) is 0 Å². The number of nitrogens with one attached hydrogen (secondary N) is 1. The summed E-state index contributed by atoms with van der Waals surface area (Å²) in [5.41, 5.74) is 0. The minimum Gasteiger partial charge on any atom is -0.466 e. The highest BCUT2D eigenvalue weighted by molar-refractivity contribution is 5.76. The summed E-state index contributed by atoms with van der Waals surface area (Å²) < 4.78 is 5.48. The molecule has 0 aromatic carbocycles. The molecule has 0 spiro atoms. The van der Waals surface area contributed by atoms with Crippen LogP contribution in [-0.4, -0.2) is 47.4 Å². The number of hydrogen-bond donors (Lipinski definition) is 3. The van der Waals surface area contributed by atoms with E-state index < -0.39 is 12.1 Å². The Labute approximate surface area is 431 Å². The Morgan fingerprint density at radius 3 is 1.03 bits per heavy atom. The number of amides is 1. The molecule has 0 heterocycles. The van der Waals surface area contributed by atoms with E-state index in [1.165, 1.54) is 257 Å². The van der Waals surface area contributed by atoms with Gasteiger partial charge in [0, 0.05) is 12.8 Å². The van der Waals surface area contributed by atoms with E-state index in [1.54, 1.807) is 6.08 Å². The molecule has 0 aliphatic heterocycles. The first-order chi connectivity index (χ1) is 34.0. The first kappa shape index (κ1) is 67.3. The molecule has 0 aliphatic carbocycles. The number of aliphatic hydroxyl groups is 2. The van der Waals surface area contributed by atoms with Crippen molar-refractivity contribution < 1.29 is 24.5 Å². The zero-order valence-corrected chi connectivity index (χ0v) is 46.6. The summed E-state index contributed by atoms with van der Waals surface area (Å²) in [6.07, 6.45) is 72.1. The molecule has 0 aliphatic rings. The highest BCUT2D eigenvalue weighted by Gasteiger charge is 2.18. The summed E-state index contributed by atoms with van der Waals surface area (Å²) >= 11 is 0. The first-order valence-corrected chi connectivity index (χ1v) is 31.1. The van der Waals surface area contributed by atoms with E-state index in [0.29, 0.717) is 19.4 Å². The second-order valence-corrected chi connectivity index (χ2v) is 21.4. The van der Waals surface area contributed by atoms with Gasteiger partial charge in [0.05, 0.1) is 25.4 Å². The van der Waals surface area contributed by atoms with E-state index in [2.05, 4.69) is 31.3 Å². The number of carbonyl (C=O) groups is 2. The minimum atomic E-state index is -0.854. The van der Waals surface area contributed by atoms with Crippen molar-refractivity contribution in [2.24, 2.45) is 0 Å². The molecular formula is C63H121NO5. The molecule has 0 aromatic rings. The van der Waals surface area contributed by atoms with Crippen LogP contribution in [0.3, 0.4) is 0 Å². The van der Waals surface area contributed by atoms with Crippen molar-refractivity contribution in [3.63, 3.8) is 0 Å². The molecule has 0 bridgehead atoms. The lowest BCUT2D eigenvalue weighted by Gasteiger charge is -2.20. The van der Waals surface area contributed by atoms with Crippen molar-refractivity contribution in [1.82, 2.24) is 5.32 Å². The SMILES string of the molecule is CCCCCCCCC/C=C\CCCCCCCCCC(=O)OCCCCCCCCCCCCCCCC(=O)NC(CO)C(O)/C=C/CCCCCCCCCCCCCCCCCCCCC. The fraction of sp³-hybridized carbons (Fsp3) is 0.905. The number of allylic oxidation sites excluding steroid dienone is 3. The zero-order valence-electron chi connectivity index (χ0n) is 46.6. The summed E-state index contributed by atoms with van der Waals surface area (Å²) in [4.78, 5) is 24.6. The van der Waals surface area contributed by atoms with E-state index in [0.717, 1.165) is 57.8 Å². The smallest absolute Gasteiger partial charge is 0.305 e. The molecule has 3 N–H and O–H groups in total. The molecule has 1 amide bonds. The molecule has 6 nitrogen and oxygen atoms in total. The second-order valence-electron chi connectivity index (χ2n) is 21.4. The third-order valence-electron chi connectivity index (χ3n) is 14.5. The first-order valence-electron chi connectivity index (χ1n) is 31.1. The molecule has 0 saturated heterocycles. The van der Waals surface area contributed by atoms with Crippen molar-refractivity contribution in [2.45, 2.75) is 353 Å². The highest BCUT2D eigenvalue weighted by atomic mass is 16.5. The van der Waals surface area contributed by atoms with E-state index >= 15 is 0 Å². The van der Waals surface area contributed by atoms with Crippen LogP contribution < -0.4 is 5.32 Å². The molecule has 0 rings (SSSR count). The molecular weight excluding hydrogens is 851 g/mol. The minimum absolute atomic E-state index is 0.00895. The highest BCUT2D eigenvalue weighted by Crippen LogP contribution is 2.17. The average molecular weight is 973 g/mol. The van der Waals surface area contributed by atoms with Crippen molar-refractivity contribution in [2.75, 3.05) is 13.2 Å². The Morgan fingerprint density at radius 2 is 0.681 bits per heavy atom. The summed E-state index contributed by atoms with van der Waals surface area (Å²) in [5, 5.41) is 23.2. The summed E-state index contributed by atoms with van der Waals surface area (Å²) in [5.74, 6) is -0.0867. The number of esters is 1. The molecule has 2 unspecified atom stereocenters. The van der Waals surface area contributed by atoms with Gasteiger partial charge >= 0.3 is 5.97 Å². The molecule has 408 valence electrons. The van der Waals surface area contributed by atoms with E-state index in [4.69, 9.17) is 4.74 Å². The van der Waals surface area contributed by atoms with Crippen molar-refractivity contribution >= 4 is 11.9 Å². The molecule has 6 heteroatoms. The van der Waals surface area contributed by atoms with Gasteiger partial charge in [0.25, 0.3) is 0 Å². The lowest BCUT2D eigenvalue weighted by molar-refractivity contribution is -0.143. The van der Waals surface area contributed by atoms with Crippen LogP contribution in [0.5, 0.6) is 0 Å². The van der Waals surface area contributed by atoms with Gasteiger partial charge in [-0.05, 0) is 57.8 Å². The van der Waals surface area contributed by atoms with Gasteiger partial charge in [0.15, 0.2) is 0 Å². The van der Waals surface area contributed by atoms with Gasteiger partial charge in [-0.25, -0.2) is 0 Å². The predicted octanol–water partition coefficient (Wildman–Crippen LogP) is 19.4. The third kappa shape index (κ3) is 55.5. The van der Waals surface area contributed by atoms with Crippen LogP contribution >= 0.6 is 0 Å². The van der Waals surface area contributed by atoms with Gasteiger partial charge in [0.1, 0.15) is 0 Å². The largest absolute Gasteiger partial charge is 0.466 e. The molecule has 2 atom stereocenters. The Balaban J connectivity index is 3.46. The lowest BCUT2D eigenvalue weighted by atomic mass is 10.0. The van der Waals surface area contributed by atoms with Crippen LogP contribution in [-0.2, 0) is 14.3 Å². The Kier molecular flexibility index (Phi) is 57.5. The second kappa shape index (κ2) is 58.9. The van der Waals surface area contributed by atoms with Crippen LogP contribution in [0.4, 0.5) is 0 Å². The molecule has 69 heavy (non-hydrogen) atoms. The van der Waals surface area contributed by atoms with Gasteiger partial charge in [-0.15, -0.1) is 0 Å². The fourth-order valence-electron chi connectivity index (χ4n) is 9.69. The van der Waals surface area contributed by atoms with Crippen LogP contribution in [0.25, 0.3) is 0 Å². The quantitative estimate of drug-likeness (QED) is 0.0321. The number of rotatable bonds is 58. The normalized spacial score (nSPS) is 12.7. The van der Waals surface area contributed by atoms with E-state index in [-0.39, 0.29) is 18.5 Å². The van der Waals surface area contributed by atoms with E-state index in [1.807, 2.05) is 6.08 Å². The van der Waals surface area contributed by atoms with Gasteiger partial charge in [-0.2, -0.15) is 0 Å². The Morgan fingerprint density at radius 1 is 0.391 bits per heavy atom. The zero-order chi connectivity index (χ0) is 50.0. The van der Waals surface area contributed by atoms with Gasteiger partial charge in [-0.1, -0.05) is 295 Å². The van der Waals surface area contributed by atoms with Crippen molar-refractivity contribution in [3.05, 3.63) is 24.3 Å². The topological polar surface area (TPSA) is 95.9 Å². The maximum Gasteiger partial charge on any atom is 0.305 e. The van der Waals surface area contributed by atoms with Crippen molar-refractivity contribution in [3.8, 4) is 0 Å². The number of ether oxygens (including phenoxy) is 1. The Bertz CT molecular complexity index is 1080. The average Bonchev–Trinajstić information content (AvgIpc) is 3.35. The molecule has 0 fully saturated rings. The van der Waals surface area contributed by atoms with Crippen LogP contribution in [0.1, 0.15) is 341 Å². The summed E-state index contributed by atoms with van der Waals surface area (Å²) in [6.45, 7) is 4.90.